The second-order valence-corrected chi connectivity index (χ2v) is 8.01. The number of hydrogen-bond acceptors (Lipinski definition) is 3. The van der Waals surface area contributed by atoms with Crippen molar-refractivity contribution < 1.29 is 4.74 Å². The third-order valence-electron chi connectivity index (χ3n) is 4.44. The van der Waals surface area contributed by atoms with Gasteiger partial charge in [-0.25, -0.2) is 0 Å². The Morgan fingerprint density at radius 1 is 1.29 bits per heavy atom. The minimum Gasteiger partial charge on any atom is -0.375 e. The van der Waals surface area contributed by atoms with Gasteiger partial charge in [-0.15, -0.1) is 0 Å². The van der Waals surface area contributed by atoms with Gasteiger partial charge in [0.1, 0.15) is 0 Å². The fourth-order valence-electron chi connectivity index (χ4n) is 3.17. The zero-order valence-electron chi connectivity index (χ0n) is 11.5. The normalized spacial score (nSPS) is 31.4. The summed E-state index contributed by atoms with van der Waals surface area (Å²) in [5.41, 5.74) is 6.85. The van der Waals surface area contributed by atoms with Crippen molar-refractivity contribution in [2.45, 2.75) is 58.1 Å². The van der Waals surface area contributed by atoms with E-state index in [0.29, 0.717) is 12.0 Å². The molecule has 2 saturated heterocycles. The molecule has 3 heteroatoms. The van der Waals surface area contributed by atoms with E-state index in [9.17, 15) is 0 Å². The molecule has 2 N–H and O–H groups in total. The van der Waals surface area contributed by atoms with Gasteiger partial charge >= 0.3 is 0 Å². The van der Waals surface area contributed by atoms with Gasteiger partial charge in [-0.3, -0.25) is 0 Å². The summed E-state index contributed by atoms with van der Waals surface area (Å²) in [7, 11) is 0. The number of hydrogen-bond donors (Lipinski definition) is 1. The molecular formula is C14H27NOS. The first-order chi connectivity index (χ1) is 7.93. The predicted molar refractivity (Wildman–Crippen MR) is 75.4 cm³/mol. The van der Waals surface area contributed by atoms with Crippen LogP contribution in [0.1, 0.15) is 46.5 Å². The number of ether oxygens (including phenoxy) is 1. The molecular weight excluding hydrogens is 230 g/mol. The van der Waals surface area contributed by atoms with Crippen molar-refractivity contribution in [3.05, 3.63) is 0 Å². The van der Waals surface area contributed by atoms with E-state index < -0.39 is 0 Å². The van der Waals surface area contributed by atoms with Gasteiger partial charge in [0.2, 0.25) is 0 Å². The van der Waals surface area contributed by atoms with Crippen molar-refractivity contribution in [3.8, 4) is 0 Å². The zero-order chi connectivity index (χ0) is 12.5. The van der Waals surface area contributed by atoms with Gasteiger partial charge in [0.15, 0.2) is 0 Å². The summed E-state index contributed by atoms with van der Waals surface area (Å²) in [4.78, 5) is 0. The van der Waals surface area contributed by atoms with Gasteiger partial charge < -0.3 is 10.5 Å². The molecule has 1 spiro atoms. The molecule has 100 valence electrons. The first kappa shape index (κ1) is 13.7. The number of nitrogens with two attached hydrogens (primary N) is 1. The van der Waals surface area contributed by atoms with Gasteiger partial charge in [0.05, 0.1) is 5.60 Å². The predicted octanol–water partition coefficient (Wildman–Crippen LogP) is 3.05. The minimum absolute atomic E-state index is 0.178. The van der Waals surface area contributed by atoms with Crippen LogP contribution < -0.4 is 5.73 Å². The zero-order valence-corrected chi connectivity index (χ0v) is 12.3. The van der Waals surface area contributed by atoms with Crippen LogP contribution in [0.5, 0.6) is 0 Å². The van der Waals surface area contributed by atoms with Gasteiger partial charge in [0.25, 0.3) is 0 Å². The molecule has 2 rings (SSSR count). The van der Waals surface area contributed by atoms with E-state index in [2.05, 4.69) is 32.5 Å². The van der Waals surface area contributed by atoms with Gasteiger partial charge in [0, 0.05) is 12.6 Å². The molecule has 2 atom stereocenters. The highest BCUT2D eigenvalue weighted by atomic mass is 32.2. The van der Waals surface area contributed by atoms with Gasteiger partial charge in [-0.2, -0.15) is 11.8 Å². The van der Waals surface area contributed by atoms with Crippen molar-refractivity contribution in [1.82, 2.24) is 0 Å². The molecule has 2 nitrogen and oxygen atoms in total. The summed E-state index contributed by atoms with van der Waals surface area (Å²) in [5, 5.41) is 0. The number of rotatable bonds is 1. The lowest BCUT2D eigenvalue weighted by Gasteiger charge is -2.47. The van der Waals surface area contributed by atoms with E-state index in [1.165, 1.54) is 30.8 Å². The smallest absolute Gasteiger partial charge is 0.0701 e. The van der Waals surface area contributed by atoms with Crippen molar-refractivity contribution in [2.75, 3.05) is 18.1 Å². The van der Waals surface area contributed by atoms with Crippen molar-refractivity contribution in [2.24, 2.45) is 17.1 Å². The summed E-state index contributed by atoms with van der Waals surface area (Å²) in [5.74, 6) is 3.17. The second-order valence-electron chi connectivity index (χ2n) is 6.79. The van der Waals surface area contributed by atoms with Crippen molar-refractivity contribution >= 4 is 11.8 Å². The van der Waals surface area contributed by atoms with E-state index in [4.69, 9.17) is 10.5 Å². The summed E-state index contributed by atoms with van der Waals surface area (Å²) in [6.45, 7) is 7.70. The van der Waals surface area contributed by atoms with Crippen LogP contribution in [0.15, 0.2) is 0 Å². The van der Waals surface area contributed by atoms with Crippen LogP contribution in [0.2, 0.25) is 0 Å². The molecule has 0 aliphatic carbocycles. The second kappa shape index (κ2) is 5.10. The number of thioether (sulfide) groups is 1. The molecule has 0 bridgehead atoms. The highest BCUT2D eigenvalue weighted by Crippen LogP contribution is 2.42. The first-order valence-electron chi connectivity index (χ1n) is 6.90. The summed E-state index contributed by atoms with van der Waals surface area (Å²) in [6.07, 6.45) is 4.79. The van der Waals surface area contributed by atoms with E-state index >= 15 is 0 Å². The summed E-state index contributed by atoms with van der Waals surface area (Å²) < 4.78 is 6.13. The summed E-state index contributed by atoms with van der Waals surface area (Å²) >= 11 is 2.07. The Morgan fingerprint density at radius 3 is 2.53 bits per heavy atom. The topological polar surface area (TPSA) is 35.2 Å². The maximum Gasteiger partial charge on any atom is 0.0701 e. The van der Waals surface area contributed by atoms with Crippen LogP contribution in [0.4, 0.5) is 0 Å². The standard InChI is InChI=1S/C14H27NOS/c1-13(2,3)12(15)11-4-7-16-14(10-11)5-8-17-9-6-14/h11-12H,4-10,15H2,1-3H3. The average Bonchev–Trinajstić information content (AvgIpc) is 2.28. The van der Waals surface area contributed by atoms with E-state index in [1.54, 1.807) is 0 Å². The van der Waals surface area contributed by atoms with Crippen LogP contribution in [0.3, 0.4) is 0 Å². The molecule has 0 radical (unpaired) electrons. The third-order valence-corrected chi connectivity index (χ3v) is 5.43. The monoisotopic (exact) mass is 257 g/mol. The maximum absolute atomic E-state index is 6.45. The Morgan fingerprint density at radius 2 is 1.94 bits per heavy atom. The Kier molecular flexibility index (Phi) is 4.11. The summed E-state index contributed by atoms with van der Waals surface area (Å²) in [6, 6.07) is 0.304. The lowest BCUT2D eigenvalue weighted by atomic mass is 9.71. The van der Waals surface area contributed by atoms with E-state index in [0.717, 1.165) is 13.0 Å². The van der Waals surface area contributed by atoms with Crippen molar-refractivity contribution in [3.63, 3.8) is 0 Å². The molecule has 2 unspecified atom stereocenters. The van der Waals surface area contributed by atoms with Gasteiger partial charge in [-0.05, 0) is 48.5 Å². The van der Waals surface area contributed by atoms with Crippen LogP contribution in [-0.2, 0) is 4.74 Å². The lowest BCUT2D eigenvalue weighted by Crippen LogP contribution is -2.50. The molecule has 2 aliphatic rings. The Bertz CT molecular complexity index is 250. The van der Waals surface area contributed by atoms with Crippen LogP contribution in [0, 0.1) is 11.3 Å². The fourth-order valence-corrected chi connectivity index (χ4v) is 4.41. The van der Waals surface area contributed by atoms with E-state index in [1.807, 2.05) is 0 Å². The molecule has 0 aromatic heterocycles. The van der Waals surface area contributed by atoms with Crippen LogP contribution in [-0.4, -0.2) is 29.8 Å². The fraction of sp³-hybridized carbons (Fsp3) is 1.00. The highest BCUT2D eigenvalue weighted by Gasteiger charge is 2.42. The maximum atomic E-state index is 6.45. The average molecular weight is 257 g/mol. The third kappa shape index (κ3) is 3.18. The SMILES string of the molecule is CC(C)(C)C(N)C1CCOC2(CCSCC2)C1. The molecule has 2 heterocycles. The van der Waals surface area contributed by atoms with E-state index in [-0.39, 0.29) is 11.0 Å². The molecule has 0 amide bonds. The largest absolute Gasteiger partial charge is 0.375 e. The van der Waals surface area contributed by atoms with Crippen LogP contribution in [0.25, 0.3) is 0 Å². The first-order valence-corrected chi connectivity index (χ1v) is 8.06. The van der Waals surface area contributed by atoms with Crippen LogP contribution >= 0.6 is 11.8 Å². The Labute approximate surface area is 110 Å². The molecule has 0 saturated carbocycles. The molecule has 2 fully saturated rings. The molecule has 17 heavy (non-hydrogen) atoms. The van der Waals surface area contributed by atoms with Crippen molar-refractivity contribution in [1.29, 1.82) is 0 Å². The highest BCUT2D eigenvalue weighted by molar-refractivity contribution is 7.99. The molecule has 0 aromatic rings. The molecule has 2 aliphatic heterocycles. The Hall–Kier alpha value is 0.270. The van der Waals surface area contributed by atoms with Gasteiger partial charge in [-0.1, -0.05) is 20.8 Å². The Balaban J connectivity index is 2.01. The lowest BCUT2D eigenvalue weighted by molar-refractivity contribution is -0.110. The minimum atomic E-state index is 0.178. The molecule has 0 aromatic carbocycles. The quantitative estimate of drug-likeness (QED) is 0.784.